The van der Waals surface area contributed by atoms with Gasteiger partial charge in [0.05, 0.1) is 6.04 Å². The van der Waals surface area contributed by atoms with Gasteiger partial charge in [0, 0.05) is 48.8 Å². The second kappa shape index (κ2) is 7.98. The Balaban J connectivity index is 2.00. The zero-order valence-electron chi connectivity index (χ0n) is 16.2. The predicted molar refractivity (Wildman–Crippen MR) is 109 cm³/mol. The van der Waals surface area contributed by atoms with Crippen molar-refractivity contribution in [3.8, 4) is 0 Å². The Morgan fingerprint density at radius 3 is 2.58 bits per heavy atom. The second-order valence-corrected chi connectivity index (χ2v) is 7.31. The number of hydrogen-bond donors (Lipinski definition) is 0. The van der Waals surface area contributed by atoms with E-state index in [2.05, 4.69) is 34.6 Å². The molecule has 2 fully saturated rings. The largest absolute Gasteiger partial charge is 0.360 e. The van der Waals surface area contributed by atoms with Gasteiger partial charge in [-0.1, -0.05) is 12.5 Å². The van der Waals surface area contributed by atoms with Crippen molar-refractivity contribution in [3.63, 3.8) is 0 Å². The van der Waals surface area contributed by atoms with E-state index in [9.17, 15) is 4.79 Å². The molecule has 3 rings (SSSR count). The predicted octanol–water partition coefficient (Wildman–Crippen LogP) is 4.27. The molecule has 138 valence electrons. The van der Waals surface area contributed by atoms with Crippen LogP contribution in [-0.4, -0.2) is 43.2 Å². The van der Waals surface area contributed by atoms with Crippen molar-refractivity contribution in [2.24, 2.45) is 15.9 Å². The van der Waals surface area contributed by atoms with E-state index < -0.39 is 0 Å². The van der Waals surface area contributed by atoms with Crippen LogP contribution in [0.5, 0.6) is 0 Å². The molecule has 0 N–H and O–H groups in total. The standard InChI is InChI=1S/C22H29N3O/c1-5-16(13-24-4)15(2)25-14-20(22(26)18-7-6-8-18)19(11-12-23-3)21(25)17-9-10-17/h5,11-13,15,18H,3,6-10,14H2,1-2,4H3/b12-11-,16-5+,24-13-. The minimum absolute atomic E-state index is 0.179. The summed E-state index contributed by atoms with van der Waals surface area (Å²) >= 11 is 0. The lowest BCUT2D eigenvalue weighted by Crippen LogP contribution is -2.34. The molecule has 1 unspecified atom stereocenters. The van der Waals surface area contributed by atoms with Crippen LogP contribution in [0.2, 0.25) is 0 Å². The molecule has 3 aliphatic rings. The molecule has 4 heteroatoms. The van der Waals surface area contributed by atoms with Gasteiger partial charge >= 0.3 is 0 Å². The van der Waals surface area contributed by atoms with Gasteiger partial charge in [-0.3, -0.25) is 14.8 Å². The lowest BCUT2D eigenvalue weighted by molar-refractivity contribution is -0.121. The second-order valence-electron chi connectivity index (χ2n) is 7.31. The van der Waals surface area contributed by atoms with Crippen molar-refractivity contribution < 1.29 is 4.79 Å². The molecule has 0 bridgehead atoms. The van der Waals surface area contributed by atoms with E-state index in [1.165, 1.54) is 23.3 Å². The van der Waals surface area contributed by atoms with E-state index in [0.717, 1.165) is 36.8 Å². The minimum atomic E-state index is 0.179. The van der Waals surface area contributed by atoms with Crippen molar-refractivity contribution in [1.29, 1.82) is 0 Å². The quantitative estimate of drug-likeness (QED) is 0.643. The molecule has 0 aromatic rings. The number of Topliss-reactive ketones (excluding diaryl/α,β-unsaturated/α-hetero) is 1. The van der Waals surface area contributed by atoms with Gasteiger partial charge in [0.15, 0.2) is 5.78 Å². The molecular weight excluding hydrogens is 322 g/mol. The molecule has 4 nitrogen and oxygen atoms in total. The molecule has 0 radical (unpaired) electrons. The Bertz CT molecular complexity index is 741. The molecule has 0 aromatic carbocycles. The average molecular weight is 351 g/mol. The molecule has 2 saturated carbocycles. The van der Waals surface area contributed by atoms with Crippen LogP contribution in [0, 0.1) is 5.92 Å². The van der Waals surface area contributed by atoms with Crippen LogP contribution >= 0.6 is 0 Å². The lowest BCUT2D eigenvalue weighted by Gasteiger charge is -2.30. The van der Waals surface area contributed by atoms with E-state index in [0.29, 0.717) is 12.3 Å². The summed E-state index contributed by atoms with van der Waals surface area (Å²) in [5.74, 6) is 0.545. The van der Waals surface area contributed by atoms with Gasteiger partial charge in [-0.15, -0.1) is 0 Å². The van der Waals surface area contributed by atoms with Gasteiger partial charge in [0.1, 0.15) is 0 Å². The van der Waals surface area contributed by atoms with E-state index in [4.69, 9.17) is 0 Å². The molecule has 0 spiro atoms. The number of rotatable bonds is 7. The number of aliphatic imine (C=N–C) groups is 2. The van der Waals surface area contributed by atoms with Gasteiger partial charge in [-0.05, 0) is 63.5 Å². The van der Waals surface area contributed by atoms with E-state index >= 15 is 0 Å². The highest BCUT2D eigenvalue weighted by Gasteiger charge is 2.39. The Morgan fingerprint density at radius 2 is 2.08 bits per heavy atom. The first-order valence-electron chi connectivity index (χ1n) is 9.59. The van der Waals surface area contributed by atoms with Crippen LogP contribution in [0.25, 0.3) is 0 Å². The van der Waals surface area contributed by atoms with Gasteiger partial charge in [-0.2, -0.15) is 0 Å². The summed E-state index contributed by atoms with van der Waals surface area (Å²) in [7, 11) is 1.80. The summed E-state index contributed by atoms with van der Waals surface area (Å²) in [5, 5.41) is 0. The van der Waals surface area contributed by atoms with Crippen molar-refractivity contribution in [2.45, 2.75) is 52.0 Å². The van der Waals surface area contributed by atoms with Crippen molar-refractivity contribution in [3.05, 3.63) is 46.3 Å². The minimum Gasteiger partial charge on any atom is -0.360 e. The summed E-state index contributed by atoms with van der Waals surface area (Å²) in [6.07, 6.45) is 13.2. The smallest absolute Gasteiger partial charge is 0.164 e. The third kappa shape index (κ3) is 3.50. The first kappa shape index (κ1) is 18.6. The number of allylic oxidation sites excluding steroid dienone is 3. The molecule has 1 aliphatic heterocycles. The molecular formula is C22H29N3O. The molecule has 0 saturated heterocycles. The van der Waals surface area contributed by atoms with Crippen LogP contribution in [0.3, 0.4) is 0 Å². The number of carbonyl (C=O) groups excluding carboxylic acids is 1. The van der Waals surface area contributed by atoms with Crippen LogP contribution < -0.4 is 0 Å². The Morgan fingerprint density at radius 1 is 1.35 bits per heavy atom. The molecule has 26 heavy (non-hydrogen) atoms. The fourth-order valence-electron chi connectivity index (χ4n) is 3.84. The first-order chi connectivity index (χ1) is 12.6. The summed E-state index contributed by atoms with van der Waals surface area (Å²) < 4.78 is 0. The fraction of sp³-hybridized carbons (Fsp3) is 0.500. The topological polar surface area (TPSA) is 45.0 Å². The third-order valence-corrected chi connectivity index (χ3v) is 5.71. The number of nitrogens with zero attached hydrogens (tertiary/aromatic N) is 3. The fourth-order valence-corrected chi connectivity index (χ4v) is 3.84. The number of carbonyl (C=O) groups is 1. The summed E-state index contributed by atoms with van der Waals surface area (Å²) in [6, 6.07) is 0.179. The highest BCUT2D eigenvalue weighted by Crippen LogP contribution is 2.44. The van der Waals surface area contributed by atoms with Crippen LogP contribution in [0.15, 0.2) is 56.3 Å². The normalized spacial score (nSPS) is 22.6. The van der Waals surface area contributed by atoms with Crippen molar-refractivity contribution in [1.82, 2.24) is 4.90 Å². The number of ketones is 1. The number of hydrogen-bond acceptors (Lipinski definition) is 4. The summed E-state index contributed by atoms with van der Waals surface area (Å²) in [4.78, 5) is 23.6. The van der Waals surface area contributed by atoms with Gasteiger partial charge in [0.2, 0.25) is 0 Å². The SMILES string of the molecule is C=N/C=C\C1=C(C(=O)C2CCC2)CN(C(C)C(/C=N\C)=C/C)C1=C1CC1. The summed E-state index contributed by atoms with van der Waals surface area (Å²) in [6.45, 7) is 8.48. The maximum absolute atomic E-state index is 13.1. The van der Waals surface area contributed by atoms with E-state index in [1.54, 1.807) is 13.2 Å². The monoisotopic (exact) mass is 351 g/mol. The van der Waals surface area contributed by atoms with Gasteiger partial charge in [0.25, 0.3) is 0 Å². The lowest BCUT2D eigenvalue weighted by atomic mass is 9.79. The first-order valence-corrected chi connectivity index (χ1v) is 9.59. The Labute approximate surface area is 156 Å². The highest BCUT2D eigenvalue weighted by atomic mass is 16.1. The van der Waals surface area contributed by atoms with Crippen molar-refractivity contribution >= 4 is 18.7 Å². The maximum Gasteiger partial charge on any atom is 0.164 e. The van der Waals surface area contributed by atoms with Crippen LogP contribution in [0.1, 0.15) is 46.0 Å². The molecule has 1 atom stereocenters. The van der Waals surface area contributed by atoms with Gasteiger partial charge in [-0.25, -0.2) is 0 Å². The highest BCUT2D eigenvalue weighted by molar-refractivity contribution is 6.01. The van der Waals surface area contributed by atoms with Gasteiger partial charge < -0.3 is 4.90 Å². The molecule has 1 heterocycles. The maximum atomic E-state index is 13.1. The van der Waals surface area contributed by atoms with E-state index in [1.807, 2.05) is 19.2 Å². The molecule has 0 amide bonds. The van der Waals surface area contributed by atoms with Crippen molar-refractivity contribution in [2.75, 3.05) is 13.6 Å². The van der Waals surface area contributed by atoms with E-state index in [-0.39, 0.29) is 12.0 Å². The Hall–Kier alpha value is -2.23. The average Bonchev–Trinajstić information content (AvgIpc) is 3.35. The Kier molecular flexibility index (Phi) is 5.70. The van der Waals surface area contributed by atoms with Crippen LogP contribution in [0.4, 0.5) is 0 Å². The summed E-state index contributed by atoms with van der Waals surface area (Å²) in [5.41, 5.74) is 5.89. The van der Waals surface area contributed by atoms with Crippen LogP contribution in [-0.2, 0) is 4.79 Å². The molecule has 2 aliphatic carbocycles. The zero-order chi connectivity index (χ0) is 18.7. The molecule has 0 aromatic heterocycles. The zero-order valence-corrected chi connectivity index (χ0v) is 16.2. The third-order valence-electron chi connectivity index (χ3n) is 5.71.